The highest BCUT2D eigenvalue weighted by molar-refractivity contribution is 5.25. The minimum absolute atomic E-state index is 0.107. The molecule has 1 fully saturated rings. The Balaban J connectivity index is 1.99. The fraction of sp³-hybridized carbons (Fsp3) is 0.706. The summed E-state index contributed by atoms with van der Waals surface area (Å²) in [6.45, 7) is 7.33. The van der Waals surface area contributed by atoms with Crippen LogP contribution in [0.1, 0.15) is 64.9 Å². The van der Waals surface area contributed by atoms with Crippen LogP contribution in [0.5, 0.6) is 5.88 Å². The fourth-order valence-electron chi connectivity index (χ4n) is 2.54. The van der Waals surface area contributed by atoms with E-state index in [9.17, 15) is 0 Å². The first kappa shape index (κ1) is 15.3. The van der Waals surface area contributed by atoms with Crippen LogP contribution < -0.4 is 10.1 Å². The first-order valence-electron chi connectivity index (χ1n) is 7.90. The van der Waals surface area contributed by atoms with Gasteiger partial charge in [-0.3, -0.25) is 0 Å². The maximum absolute atomic E-state index is 6.18. The highest BCUT2D eigenvalue weighted by Gasteiger charge is 2.17. The molecule has 0 unspecified atom stereocenters. The van der Waals surface area contributed by atoms with Crippen LogP contribution in [0.25, 0.3) is 0 Å². The lowest BCUT2D eigenvalue weighted by molar-refractivity contribution is 0.173. The van der Waals surface area contributed by atoms with E-state index in [1.807, 2.05) is 12.3 Å². The molecule has 1 saturated carbocycles. The van der Waals surface area contributed by atoms with E-state index in [0.29, 0.717) is 6.10 Å². The van der Waals surface area contributed by atoms with Crippen LogP contribution in [0, 0.1) is 0 Å². The van der Waals surface area contributed by atoms with Crippen molar-refractivity contribution in [2.75, 3.05) is 0 Å². The lowest BCUT2D eigenvalue weighted by Gasteiger charge is -2.22. The number of hydrogen-bond acceptors (Lipinski definition) is 3. The third-order valence-corrected chi connectivity index (χ3v) is 3.74. The van der Waals surface area contributed by atoms with Gasteiger partial charge in [0, 0.05) is 23.8 Å². The predicted octanol–water partition coefficient (Wildman–Crippen LogP) is 4.07. The van der Waals surface area contributed by atoms with Gasteiger partial charge in [0.2, 0.25) is 5.88 Å². The average molecular weight is 276 g/mol. The zero-order chi connectivity index (χ0) is 14.4. The molecule has 1 heterocycles. The Hall–Kier alpha value is -1.09. The van der Waals surface area contributed by atoms with Crippen molar-refractivity contribution in [1.29, 1.82) is 0 Å². The smallest absolute Gasteiger partial charge is 0.218 e. The van der Waals surface area contributed by atoms with Crippen molar-refractivity contribution in [3.05, 3.63) is 23.9 Å². The molecule has 1 aliphatic rings. The molecular weight excluding hydrogens is 248 g/mol. The molecule has 1 aliphatic carbocycles. The first-order chi connectivity index (χ1) is 9.54. The predicted molar refractivity (Wildman–Crippen MR) is 82.9 cm³/mol. The molecule has 1 aromatic heterocycles. The molecular formula is C17H28N2O. The van der Waals surface area contributed by atoms with Crippen LogP contribution in [0.3, 0.4) is 0 Å². The summed E-state index contributed by atoms with van der Waals surface area (Å²) in [6.07, 6.45) is 9.78. The van der Waals surface area contributed by atoms with Gasteiger partial charge in [0.25, 0.3) is 0 Å². The van der Waals surface area contributed by atoms with Crippen molar-refractivity contribution < 1.29 is 4.74 Å². The Labute approximate surface area is 123 Å². The molecule has 0 radical (unpaired) electrons. The van der Waals surface area contributed by atoms with Crippen LogP contribution in [0.15, 0.2) is 18.3 Å². The van der Waals surface area contributed by atoms with E-state index in [0.717, 1.165) is 18.0 Å². The van der Waals surface area contributed by atoms with E-state index in [4.69, 9.17) is 4.74 Å². The third kappa shape index (κ3) is 5.12. The van der Waals surface area contributed by atoms with E-state index < -0.39 is 0 Å². The second-order valence-electron chi connectivity index (χ2n) is 6.80. The van der Waals surface area contributed by atoms with Crippen LogP contribution in [-0.2, 0) is 6.54 Å². The summed E-state index contributed by atoms with van der Waals surface area (Å²) >= 11 is 0. The van der Waals surface area contributed by atoms with Gasteiger partial charge in [-0.2, -0.15) is 0 Å². The van der Waals surface area contributed by atoms with Gasteiger partial charge in [0.1, 0.15) is 6.10 Å². The van der Waals surface area contributed by atoms with Gasteiger partial charge in [-0.15, -0.1) is 0 Å². The third-order valence-electron chi connectivity index (χ3n) is 3.74. The van der Waals surface area contributed by atoms with Crippen LogP contribution >= 0.6 is 0 Å². The number of pyridine rings is 1. The monoisotopic (exact) mass is 276 g/mol. The zero-order valence-corrected chi connectivity index (χ0v) is 13.1. The Kier molecular flexibility index (Phi) is 5.41. The Morgan fingerprint density at radius 3 is 2.55 bits per heavy atom. The maximum Gasteiger partial charge on any atom is 0.218 e. The zero-order valence-electron chi connectivity index (χ0n) is 13.1. The number of nitrogens with zero attached hydrogens (tertiary/aromatic N) is 1. The number of nitrogens with one attached hydrogen (secondary N) is 1. The first-order valence-corrected chi connectivity index (χ1v) is 7.90. The minimum atomic E-state index is 0.107. The fourth-order valence-corrected chi connectivity index (χ4v) is 2.54. The van der Waals surface area contributed by atoms with E-state index in [1.54, 1.807) is 0 Å². The van der Waals surface area contributed by atoms with Gasteiger partial charge < -0.3 is 10.1 Å². The normalized spacial score (nSPS) is 17.8. The van der Waals surface area contributed by atoms with Crippen molar-refractivity contribution in [2.45, 2.75) is 77.5 Å². The van der Waals surface area contributed by atoms with Gasteiger partial charge in [-0.05, 0) is 52.5 Å². The molecule has 0 bridgehead atoms. The highest BCUT2D eigenvalue weighted by Crippen LogP contribution is 2.24. The second-order valence-corrected chi connectivity index (χ2v) is 6.80. The molecule has 1 N–H and O–H groups in total. The summed E-state index contributed by atoms with van der Waals surface area (Å²) in [5.74, 6) is 0.816. The topological polar surface area (TPSA) is 34.2 Å². The number of hydrogen-bond donors (Lipinski definition) is 1. The molecule has 20 heavy (non-hydrogen) atoms. The summed E-state index contributed by atoms with van der Waals surface area (Å²) in [6, 6.07) is 4.09. The highest BCUT2D eigenvalue weighted by atomic mass is 16.5. The minimum Gasteiger partial charge on any atom is -0.474 e. The van der Waals surface area contributed by atoms with Crippen molar-refractivity contribution in [3.8, 4) is 5.88 Å². The number of aromatic nitrogens is 1. The molecule has 3 nitrogen and oxygen atoms in total. The molecule has 0 amide bonds. The summed E-state index contributed by atoms with van der Waals surface area (Å²) in [4.78, 5) is 4.44. The maximum atomic E-state index is 6.18. The molecule has 3 heteroatoms. The molecule has 0 aromatic carbocycles. The van der Waals surface area contributed by atoms with E-state index >= 15 is 0 Å². The van der Waals surface area contributed by atoms with Crippen LogP contribution in [-0.4, -0.2) is 16.6 Å². The van der Waals surface area contributed by atoms with Crippen LogP contribution in [0.4, 0.5) is 0 Å². The van der Waals surface area contributed by atoms with Gasteiger partial charge in [0.05, 0.1) is 0 Å². The van der Waals surface area contributed by atoms with Gasteiger partial charge >= 0.3 is 0 Å². The van der Waals surface area contributed by atoms with Gasteiger partial charge in [0.15, 0.2) is 0 Å². The average Bonchev–Trinajstić information content (AvgIpc) is 2.65. The van der Waals surface area contributed by atoms with Crippen LogP contribution in [0.2, 0.25) is 0 Å². The largest absolute Gasteiger partial charge is 0.474 e. The van der Waals surface area contributed by atoms with Crippen molar-refractivity contribution in [1.82, 2.24) is 10.3 Å². The molecule has 2 rings (SSSR count). The molecule has 0 spiro atoms. The standard InChI is InChI=1S/C17H28N2O/c1-17(2,3)19-13-14-9-8-12-18-16(14)20-15-10-6-4-5-7-11-15/h8-9,12,15,19H,4-7,10-11,13H2,1-3H3. The van der Waals surface area contributed by atoms with E-state index in [1.165, 1.54) is 38.5 Å². The number of ether oxygens (including phenoxy) is 1. The summed E-state index contributed by atoms with van der Waals surface area (Å²) in [7, 11) is 0. The van der Waals surface area contributed by atoms with Gasteiger partial charge in [-0.25, -0.2) is 4.98 Å². The lowest BCUT2D eigenvalue weighted by atomic mass is 10.1. The summed E-state index contributed by atoms with van der Waals surface area (Å²) in [5.41, 5.74) is 1.27. The quantitative estimate of drug-likeness (QED) is 0.842. The molecule has 0 saturated heterocycles. The molecule has 1 aromatic rings. The molecule has 0 aliphatic heterocycles. The van der Waals surface area contributed by atoms with Crippen molar-refractivity contribution >= 4 is 0 Å². The van der Waals surface area contributed by atoms with Crippen molar-refractivity contribution in [2.24, 2.45) is 0 Å². The lowest BCUT2D eigenvalue weighted by Crippen LogP contribution is -2.35. The Bertz CT molecular complexity index is 404. The van der Waals surface area contributed by atoms with E-state index in [-0.39, 0.29) is 5.54 Å². The van der Waals surface area contributed by atoms with E-state index in [2.05, 4.69) is 37.1 Å². The van der Waals surface area contributed by atoms with Gasteiger partial charge in [-0.1, -0.05) is 18.9 Å². The summed E-state index contributed by atoms with van der Waals surface area (Å²) < 4.78 is 6.18. The second kappa shape index (κ2) is 7.07. The molecule has 0 atom stereocenters. The Morgan fingerprint density at radius 2 is 1.90 bits per heavy atom. The number of rotatable bonds is 4. The summed E-state index contributed by atoms with van der Waals surface area (Å²) in [5, 5.41) is 3.51. The Morgan fingerprint density at radius 1 is 1.20 bits per heavy atom. The SMILES string of the molecule is CC(C)(C)NCc1cccnc1OC1CCCCCC1. The van der Waals surface area contributed by atoms with Crippen molar-refractivity contribution in [3.63, 3.8) is 0 Å². The molecule has 112 valence electrons.